The van der Waals surface area contributed by atoms with Crippen molar-refractivity contribution in [3.8, 4) is 0 Å². The molecule has 1 aromatic heterocycles. The average molecular weight is 401 g/mol. The summed E-state index contributed by atoms with van der Waals surface area (Å²) in [5, 5.41) is 8.07. The van der Waals surface area contributed by atoms with Crippen LogP contribution < -0.4 is 5.32 Å². The highest BCUT2D eigenvalue weighted by molar-refractivity contribution is 9.10. The van der Waals surface area contributed by atoms with E-state index in [-0.39, 0.29) is 0 Å². The number of aryl methyl sites for hydroxylation is 2. The van der Waals surface area contributed by atoms with Crippen molar-refractivity contribution in [2.45, 2.75) is 39.9 Å². The summed E-state index contributed by atoms with van der Waals surface area (Å²) in [6.07, 6.45) is 0. The van der Waals surface area contributed by atoms with E-state index in [4.69, 9.17) is 0 Å². The molecule has 0 aliphatic heterocycles. The van der Waals surface area contributed by atoms with E-state index in [9.17, 15) is 0 Å². The molecule has 0 saturated carbocycles. The van der Waals surface area contributed by atoms with E-state index in [1.54, 1.807) is 0 Å². The Balaban J connectivity index is 2.07. The van der Waals surface area contributed by atoms with Crippen molar-refractivity contribution in [1.29, 1.82) is 0 Å². The Morgan fingerprint density at radius 2 is 1.90 bits per heavy atom. The molecule has 2 rings (SSSR count). The van der Waals surface area contributed by atoms with Gasteiger partial charge in [0.15, 0.2) is 0 Å². The van der Waals surface area contributed by atoms with Crippen molar-refractivity contribution >= 4 is 31.9 Å². The molecular weight excluding hydrogens is 382 g/mol. The summed E-state index contributed by atoms with van der Waals surface area (Å²) in [7, 11) is 0. The van der Waals surface area contributed by atoms with Crippen molar-refractivity contribution in [1.82, 2.24) is 15.1 Å². The summed E-state index contributed by atoms with van der Waals surface area (Å²) in [6, 6.07) is 8.72. The van der Waals surface area contributed by atoms with Gasteiger partial charge in [-0.05, 0) is 54.4 Å². The topological polar surface area (TPSA) is 29.9 Å². The molecule has 3 nitrogen and oxygen atoms in total. The molecule has 1 aromatic carbocycles. The number of rotatable bonds is 5. The molecule has 0 amide bonds. The maximum atomic E-state index is 4.51. The van der Waals surface area contributed by atoms with Crippen LogP contribution in [-0.2, 0) is 13.1 Å². The predicted molar refractivity (Wildman–Crippen MR) is 89.7 cm³/mol. The Kier molecular flexibility index (Phi) is 5.41. The van der Waals surface area contributed by atoms with Gasteiger partial charge in [-0.25, -0.2) is 0 Å². The summed E-state index contributed by atoms with van der Waals surface area (Å²) in [4.78, 5) is 0. The minimum Gasteiger partial charge on any atom is -0.305 e. The Labute approximate surface area is 137 Å². The van der Waals surface area contributed by atoms with E-state index in [1.165, 1.54) is 11.3 Å². The fourth-order valence-corrected chi connectivity index (χ4v) is 2.85. The third-order valence-electron chi connectivity index (χ3n) is 3.40. The first-order valence-corrected chi connectivity index (χ1v) is 8.32. The van der Waals surface area contributed by atoms with Gasteiger partial charge in [0, 0.05) is 23.6 Å². The maximum Gasteiger partial charge on any atom is 0.0739 e. The molecule has 0 radical (unpaired) electrons. The molecule has 0 aliphatic rings. The lowest BCUT2D eigenvalue weighted by Gasteiger charge is -2.15. The minimum atomic E-state index is 0.301. The molecule has 20 heavy (non-hydrogen) atoms. The van der Waals surface area contributed by atoms with Crippen LogP contribution >= 0.6 is 31.9 Å². The van der Waals surface area contributed by atoms with Crippen LogP contribution in [0.25, 0.3) is 0 Å². The van der Waals surface area contributed by atoms with Gasteiger partial charge in [-0.15, -0.1) is 0 Å². The van der Waals surface area contributed by atoms with Gasteiger partial charge in [0.05, 0.1) is 15.9 Å². The van der Waals surface area contributed by atoms with Gasteiger partial charge >= 0.3 is 0 Å². The number of aromatic nitrogens is 2. The molecule has 0 fully saturated rings. The lowest BCUT2D eigenvalue weighted by atomic mass is 10.1. The van der Waals surface area contributed by atoms with E-state index in [0.717, 1.165) is 27.7 Å². The van der Waals surface area contributed by atoms with E-state index in [1.807, 2.05) is 11.6 Å². The predicted octanol–water partition coefficient (Wildman–Crippen LogP) is 4.59. The fourth-order valence-electron chi connectivity index (χ4n) is 2.16. The van der Waals surface area contributed by atoms with E-state index >= 15 is 0 Å². The molecule has 0 aliphatic carbocycles. The fraction of sp³-hybridized carbons (Fsp3) is 0.400. The molecule has 2 aromatic rings. The first-order chi connectivity index (χ1) is 9.52. The largest absolute Gasteiger partial charge is 0.305 e. The second-order valence-corrected chi connectivity index (χ2v) is 6.52. The van der Waals surface area contributed by atoms with Crippen LogP contribution in [0.2, 0.25) is 0 Å². The van der Waals surface area contributed by atoms with Gasteiger partial charge < -0.3 is 5.32 Å². The molecule has 0 spiro atoms. The van der Waals surface area contributed by atoms with Gasteiger partial charge in [-0.2, -0.15) is 5.10 Å². The third kappa shape index (κ3) is 3.51. The van der Waals surface area contributed by atoms with Gasteiger partial charge in [-0.1, -0.05) is 28.1 Å². The summed E-state index contributed by atoms with van der Waals surface area (Å²) < 4.78 is 4.26. The summed E-state index contributed by atoms with van der Waals surface area (Å²) in [6.45, 7) is 8.00. The number of nitrogens with one attached hydrogen (secondary N) is 1. The first-order valence-electron chi connectivity index (χ1n) is 6.73. The van der Waals surface area contributed by atoms with Crippen LogP contribution in [0.5, 0.6) is 0 Å². The van der Waals surface area contributed by atoms with Crippen LogP contribution in [0.3, 0.4) is 0 Å². The molecule has 1 heterocycles. The highest BCUT2D eigenvalue weighted by Crippen LogP contribution is 2.22. The molecule has 0 saturated heterocycles. The highest BCUT2D eigenvalue weighted by atomic mass is 79.9. The second kappa shape index (κ2) is 6.87. The molecule has 0 bridgehead atoms. The molecule has 1 atom stereocenters. The van der Waals surface area contributed by atoms with Crippen LogP contribution in [0, 0.1) is 6.92 Å². The lowest BCUT2D eigenvalue weighted by molar-refractivity contribution is 0.530. The quantitative estimate of drug-likeness (QED) is 0.795. The number of halogens is 2. The van der Waals surface area contributed by atoms with Crippen molar-refractivity contribution in [3.05, 3.63) is 50.2 Å². The Morgan fingerprint density at radius 1 is 1.25 bits per heavy atom. The SMILES string of the molecule is CCn1nc(C)c(Br)c1CNC(C)c1ccc(Br)cc1. The van der Waals surface area contributed by atoms with E-state index in [0.29, 0.717) is 6.04 Å². The molecular formula is C15H19Br2N3. The average Bonchev–Trinajstić information content (AvgIpc) is 2.72. The molecule has 1 N–H and O–H groups in total. The Bertz CT molecular complexity index is 576. The smallest absolute Gasteiger partial charge is 0.0739 e. The van der Waals surface area contributed by atoms with Crippen LogP contribution in [0.4, 0.5) is 0 Å². The molecule has 5 heteroatoms. The Morgan fingerprint density at radius 3 is 2.50 bits per heavy atom. The van der Waals surface area contributed by atoms with Gasteiger partial charge in [-0.3, -0.25) is 4.68 Å². The lowest BCUT2D eigenvalue weighted by Crippen LogP contribution is -2.20. The molecule has 108 valence electrons. The van der Waals surface area contributed by atoms with Crippen molar-refractivity contribution < 1.29 is 0 Å². The highest BCUT2D eigenvalue weighted by Gasteiger charge is 2.13. The minimum absolute atomic E-state index is 0.301. The van der Waals surface area contributed by atoms with Crippen molar-refractivity contribution in [3.63, 3.8) is 0 Å². The van der Waals surface area contributed by atoms with Gasteiger partial charge in [0.25, 0.3) is 0 Å². The monoisotopic (exact) mass is 399 g/mol. The summed E-state index contributed by atoms with van der Waals surface area (Å²) in [5.41, 5.74) is 3.53. The maximum absolute atomic E-state index is 4.51. The number of nitrogens with zero attached hydrogens (tertiary/aromatic N) is 2. The normalized spacial score (nSPS) is 12.7. The van der Waals surface area contributed by atoms with Crippen LogP contribution in [-0.4, -0.2) is 9.78 Å². The zero-order valence-electron chi connectivity index (χ0n) is 12.0. The van der Waals surface area contributed by atoms with Crippen LogP contribution in [0.15, 0.2) is 33.2 Å². The first kappa shape index (κ1) is 15.7. The molecule has 1 unspecified atom stereocenters. The summed E-state index contributed by atoms with van der Waals surface area (Å²) in [5.74, 6) is 0. The van der Waals surface area contributed by atoms with Gasteiger partial charge in [0.1, 0.15) is 0 Å². The number of hydrogen-bond acceptors (Lipinski definition) is 2. The Hall–Kier alpha value is -0.650. The van der Waals surface area contributed by atoms with Crippen LogP contribution in [0.1, 0.15) is 36.8 Å². The van der Waals surface area contributed by atoms with E-state index < -0.39 is 0 Å². The zero-order valence-corrected chi connectivity index (χ0v) is 15.1. The summed E-state index contributed by atoms with van der Waals surface area (Å²) >= 11 is 7.09. The standard InChI is InChI=1S/C15H19Br2N3/c1-4-20-14(15(17)11(3)19-20)9-18-10(2)12-5-7-13(16)8-6-12/h5-8,10,18H,4,9H2,1-3H3. The van der Waals surface area contributed by atoms with E-state index in [2.05, 4.69) is 80.4 Å². The zero-order chi connectivity index (χ0) is 14.7. The van der Waals surface area contributed by atoms with Gasteiger partial charge in [0.2, 0.25) is 0 Å². The third-order valence-corrected chi connectivity index (χ3v) is 4.96. The van der Waals surface area contributed by atoms with Crippen molar-refractivity contribution in [2.24, 2.45) is 0 Å². The van der Waals surface area contributed by atoms with Crippen molar-refractivity contribution in [2.75, 3.05) is 0 Å². The number of benzene rings is 1. The second-order valence-electron chi connectivity index (χ2n) is 4.82. The number of hydrogen-bond donors (Lipinski definition) is 1.